The van der Waals surface area contributed by atoms with Crippen molar-refractivity contribution in [2.45, 2.75) is 53.4 Å². The summed E-state index contributed by atoms with van der Waals surface area (Å²) in [5.41, 5.74) is 1.44. The predicted octanol–water partition coefficient (Wildman–Crippen LogP) is 4.51. The minimum absolute atomic E-state index is 0.143. The maximum absolute atomic E-state index is 5.84. The standard InChI is InChI=1S/C16H28O3S/c1-6-13-8-9-16(4,7-2)12(3)14(11-20)19-15(17-5)18-10-13/h8,11-12,15,20H,6-7,9-10H2,1-5H3/b13-8-,14-11+. The molecule has 0 amide bonds. The lowest BCUT2D eigenvalue weighted by Crippen LogP contribution is -2.31. The summed E-state index contributed by atoms with van der Waals surface area (Å²) in [6.07, 6.45) is 5.39. The number of hydrogen-bond donors (Lipinski definition) is 1. The summed E-state index contributed by atoms with van der Waals surface area (Å²) < 4.78 is 16.8. The van der Waals surface area contributed by atoms with Crippen molar-refractivity contribution in [3.05, 3.63) is 22.8 Å². The van der Waals surface area contributed by atoms with Crippen LogP contribution in [0.4, 0.5) is 0 Å². The van der Waals surface area contributed by atoms with E-state index in [2.05, 4.69) is 46.4 Å². The minimum atomic E-state index is -0.676. The largest absolute Gasteiger partial charge is 0.445 e. The van der Waals surface area contributed by atoms with Gasteiger partial charge in [-0.3, -0.25) is 0 Å². The van der Waals surface area contributed by atoms with Crippen LogP contribution in [0, 0.1) is 11.3 Å². The van der Waals surface area contributed by atoms with Crippen LogP contribution in [0.25, 0.3) is 0 Å². The first-order valence-electron chi connectivity index (χ1n) is 7.34. The molecule has 0 bridgehead atoms. The van der Waals surface area contributed by atoms with Crippen LogP contribution in [-0.4, -0.2) is 20.2 Å². The third kappa shape index (κ3) is 4.27. The van der Waals surface area contributed by atoms with Gasteiger partial charge in [-0.1, -0.05) is 33.8 Å². The summed E-state index contributed by atoms with van der Waals surface area (Å²) in [6.45, 7) is 8.72. The van der Waals surface area contributed by atoms with Gasteiger partial charge >= 0.3 is 6.48 Å². The van der Waals surface area contributed by atoms with Crippen molar-refractivity contribution >= 4 is 12.6 Å². The molecular weight excluding hydrogens is 272 g/mol. The van der Waals surface area contributed by atoms with Gasteiger partial charge in [0.2, 0.25) is 0 Å². The molecule has 1 aliphatic heterocycles. The van der Waals surface area contributed by atoms with Gasteiger partial charge in [0, 0.05) is 18.4 Å². The van der Waals surface area contributed by atoms with Crippen LogP contribution >= 0.6 is 12.6 Å². The van der Waals surface area contributed by atoms with Crippen LogP contribution in [0.1, 0.15) is 47.0 Å². The van der Waals surface area contributed by atoms with Crippen LogP contribution in [-0.2, 0) is 14.2 Å². The summed E-state index contributed by atoms with van der Waals surface area (Å²) in [5.74, 6) is 1.07. The van der Waals surface area contributed by atoms with Crippen molar-refractivity contribution in [1.29, 1.82) is 0 Å². The third-order valence-corrected chi connectivity index (χ3v) is 4.80. The topological polar surface area (TPSA) is 27.7 Å². The molecule has 3 atom stereocenters. The van der Waals surface area contributed by atoms with E-state index >= 15 is 0 Å². The monoisotopic (exact) mass is 300 g/mol. The van der Waals surface area contributed by atoms with Gasteiger partial charge in [0.05, 0.1) is 6.61 Å². The van der Waals surface area contributed by atoms with Gasteiger partial charge in [0.1, 0.15) is 5.76 Å². The Balaban J connectivity index is 3.09. The molecule has 0 aromatic carbocycles. The highest BCUT2D eigenvalue weighted by molar-refractivity contribution is 7.83. The Kier molecular flexibility index (Phi) is 7.13. The first-order chi connectivity index (χ1) is 9.50. The molecule has 1 heterocycles. The van der Waals surface area contributed by atoms with Gasteiger partial charge in [-0.05, 0) is 30.3 Å². The lowest BCUT2D eigenvalue weighted by atomic mass is 9.72. The molecule has 0 saturated carbocycles. The number of methoxy groups -OCH3 is 1. The molecule has 0 spiro atoms. The van der Waals surface area contributed by atoms with Gasteiger partial charge in [-0.25, -0.2) is 0 Å². The van der Waals surface area contributed by atoms with E-state index in [1.54, 1.807) is 12.5 Å². The Morgan fingerprint density at radius 1 is 1.50 bits per heavy atom. The smallest absolute Gasteiger partial charge is 0.315 e. The molecule has 3 nitrogen and oxygen atoms in total. The molecule has 4 heteroatoms. The second-order valence-electron chi connectivity index (χ2n) is 5.63. The average molecular weight is 300 g/mol. The Hall–Kier alpha value is -0.450. The van der Waals surface area contributed by atoms with E-state index in [1.807, 2.05) is 0 Å². The van der Waals surface area contributed by atoms with Gasteiger partial charge in [-0.15, -0.1) is 12.6 Å². The third-order valence-electron chi connectivity index (χ3n) is 4.55. The van der Waals surface area contributed by atoms with Crippen LogP contribution in [0.15, 0.2) is 22.8 Å². The van der Waals surface area contributed by atoms with E-state index in [4.69, 9.17) is 14.2 Å². The van der Waals surface area contributed by atoms with E-state index in [0.717, 1.165) is 25.0 Å². The van der Waals surface area contributed by atoms with Gasteiger partial charge in [-0.2, -0.15) is 0 Å². The van der Waals surface area contributed by atoms with Crippen molar-refractivity contribution in [3.63, 3.8) is 0 Å². The number of hydrogen-bond acceptors (Lipinski definition) is 4. The first kappa shape index (κ1) is 17.6. The quantitative estimate of drug-likeness (QED) is 0.614. The Bertz CT molecular complexity index is 365. The molecule has 20 heavy (non-hydrogen) atoms. The van der Waals surface area contributed by atoms with Crippen molar-refractivity contribution in [1.82, 2.24) is 0 Å². The number of rotatable bonds is 3. The molecule has 0 fully saturated rings. The van der Waals surface area contributed by atoms with E-state index < -0.39 is 6.48 Å². The van der Waals surface area contributed by atoms with Crippen molar-refractivity contribution in [2.75, 3.05) is 13.7 Å². The second kappa shape index (κ2) is 8.11. The second-order valence-corrected chi connectivity index (χ2v) is 5.89. The predicted molar refractivity (Wildman–Crippen MR) is 85.5 cm³/mol. The van der Waals surface area contributed by atoms with Crippen LogP contribution in [0.5, 0.6) is 0 Å². The zero-order chi connectivity index (χ0) is 15.2. The van der Waals surface area contributed by atoms with Crippen molar-refractivity contribution < 1.29 is 14.2 Å². The van der Waals surface area contributed by atoms with Gasteiger partial charge in [0.25, 0.3) is 0 Å². The molecule has 0 aromatic heterocycles. The maximum atomic E-state index is 5.84. The SMILES string of the molecule is CC/C1=C/CC(C)(CC)C(C)/C(=C\S)OC(OC)OC1. The van der Waals surface area contributed by atoms with Crippen LogP contribution < -0.4 is 0 Å². The lowest BCUT2D eigenvalue weighted by molar-refractivity contribution is -0.261. The molecule has 0 saturated heterocycles. The van der Waals surface area contributed by atoms with E-state index in [1.165, 1.54) is 5.57 Å². The van der Waals surface area contributed by atoms with Crippen LogP contribution in [0.2, 0.25) is 0 Å². The molecule has 1 aliphatic rings. The Morgan fingerprint density at radius 3 is 2.70 bits per heavy atom. The summed E-state index contributed by atoms with van der Waals surface area (Å²) in [4.78, 5) is 0. The van der Waals surface area contributed by atoms with Crippen molar-refractivity contribution in [3.8, 4) is 0 Å². The molecule has 0 radical (unpaired) electrons. The number of thiol groups is 1. The fourth-order valence-corrected chi connectivity index (χ4v) is 2.62. The summed E-state index contributed by atoms with van der Waals surface area (Å²) in [7, 11) is 1.59. The molecule has 1 rings (SSSR count). The molecule has 3 unspecified atom stereocenters. The number of allylic oxidation sites excluding steroid dienone is 2. The lowest BCUT2D eigenvalue weighted by Gasteiger charge is -2.37. The molecule has 116 valence electrons. The zero-order valence-electron chi connectivity index (χ0n) is 13.3. The van der Waals surface area contributed by atoms with Crippen LogP contribution in [0.3, 0.4) is 0 Å². The summed E-state index contributed by atoms with van der Waals surface area (Å²) >= 11 is 4.29. The molecule has 0 aromatic rings. The zero-order valence-corrected chi connectivity index (χ0v) is 14.2. The van der Waals surface area contributed by atoms with Crippen molar-refractivity contribution in [2.24, 2.45) is 11.3 Å². The van der Waals surface area contributed by atoms with E-state index in [0.29, 0.717) is 6.61 Å². The number of ether oxygens (including phenoxy) is 3. The highest BCUT2D eigenvalue weighted by atomic mass is 32.1. The Labute approximate surface area is 128 Å². The average Bonchev–Trinajstić information content (AvgIpc) is 2.48. The molecule has 0 N–H and O–H groups in total. The fourth-order valence-electron chi connectivity index (χ4n) is 2.33. The van der Waals surface area contributed by atoms with Gasteiger partial charge < -0.3 is 14.2 Å². The van der Waals surface area contributed by atoms with E-state index in [9.17, 15) is 0 Å². The first-order valence-corrected chi connectivity index (χ1v) is 7.85. The summed E-state index contributed by atoms with van der Waals surface area (Å²) in [5, 5.41) is 1.72. The highest BCUT2D eigenvalue weighted by Gasteiger charge is 2.33. The minimum Gasteiger partial charge on any atom is -0.445 e. The fraction of sp³-hybridized carbons (Fsp3) is 0.750. The maximum Gasteiger partial charge on any atom is 0.315 e. The normalized spacial score (nSPS) is 37.1. The highest BCUT2D eigenvalue weighted by Crippen LogP contribution is 2.41. The molecule has 0 aliphatic carbocycles. The Morgan fingerprint density at radius 2 is 2.20 bits per heavy atom. The van der Waals surface area contributed by atoms with Gasteiger partial charge in [0.15, 0.2) is 0 Å². The van der Waals surface area contributed by atoms with E-state index in [-0.39, 0.29) is 11.3 Å². The molecular formula is C16H28O3S. The summed E-state index contributed by atoms with van der Waals surface area (Å²) in [6, 6.07) is 0.